The van der Waals surface area contributed by atoms with Gasteiger partial charge < -0.3 is 4.90 Å². The summed E-state index contributed by atoms with van der Waals surface area (Å²) in [5.41, 5.74) is 4.48. The molecule has 0 bridgehead atoms. The summed E-state index contributed by atoms with van der Waals surface area (Å²) in [4.78, 5) is 2.20. The van der Waals surface area contributed by atoms with Gasteiger partial charge in [-0.3, -0.25) is 0 Å². The fourth-order valence-corrected chi connectivity index (χ4v) is 2.92. The van der Waals surface area contributed by atoms with Gasteiger partial charge in [0.15, 0.2) is 0 Å². The second-order valence-corrected chi connectivity index (χ2v) is 7.93. The van der Waals surface area contributed by atoms with E-state index in [1.165, 1.54) is 22.1 Å². The van der Waals surface area contributed by atoms with Gasteiger partial charge in [0.05, 0.1) is 0 Å². The van der Waals surface area contributed by atoms with E-state index in [0.29, 0.717) is 0 Å². The zero-order chi connectivity index (χ0) is 14.3. The smallest absolute Gasteiger partial charge is 0.0439 e. The molecule has 1 aromatic rings. The average molecular weight is 265 g/mol. The van der Waals surface area contributed by atoms with E-state index < -0.39 is 0 Å². The summed E-state index contributed by atoms with van der Waals surface area (Å²) in [6.45, 7) is 13.7. The summed E-state index contributed by atoms with van der Waals surface area (Å²) < 4.78 is 0. The molecular formula is C16H28NP. The molecule has 0 saturated carbocycles. The minimum Gasteiger partial charge on any atom is -0.377 e. The molecule has 0 aromatic heterocycles. The van der Waals surface area contributed by atoms with Crippen LogP contribution in [-0.4, -0.2) is 14.1 Å². The first-order valence-electron chi connectivity index (χ1n) is 6.56. The van der Waals surface area contributed by atoms with Gasteiger partial charge in [0.1, 0.15) is 0 Å². The molecular weight excluding hydrogens is 237 g/mol. The molecule has 0 saturated heterocycles. The lowest BCUT2D eigenvalue weighted by Crippen LogP contribution is -2.26. The first kappa shape index (κ1) is 15.5. The monoisotopic (exact) mass is 265 g/mol. The maximum Gasteiger partial charge on any atom is 0.0439 e. The summed E-state index contributed by atoms with van der Waals surface area (Å²) in [5, 5.41) is 1.32. The summed E-state index contributed by atoms with van der Waals surface area (Å²) >= 11 is 0. The van der Waals surface area contributed by atoms with Crippen molar-refractivity contribution >= 4 is 20.2 Å². The van der Waals surface area contributed by atoms with E-state index in [1.54, 1.807) is 0 Å². The Bertz CT molecular complexity index is 434. The largest absolute Gasteiger partial charge is 0.377 e. The SMILES string of the molecule is CN(C)c1cc(C(C)(C)C)cc(C(C)(C)C)c1P. The van der Waals surface area contributed by atoms with Gasteiger partial charge >= 0.3 is 0 Å². The normalized spacial score (nSPS) is 12.7. The molecule has 0 aliphatic carbocycles. The number of anilines is 1. The lowest BCUT2D eigenvalue weighted by atomic mass is 9.80. The highest BCUT2D eigenvalue weighted by Gasteiger charge is 2.23. The van der Waals surface area contributed by atoms with Crippen molar-refractivity contribution in [2.75, 3.05) is 19.0 Å². The predicted octanol–water partition coefficient (Wildman–Crippen LogP) is 3.85. The molecule has 0 radical (unpaired) electrons. The van der Waals surface area contributed by atoms with Crippen molar-refractivity contribution in [2.45, 2.75) is 52.4 Å². The van der Waals surface area contributed by atoms with Crippen LogP contribution < -0.4 is 10.2 Å². The van der Waals surface area contributed by atoms with E-state index in [0.717, 1.165) is 0 Å². The summed E-state index contributed by atoms with van der Waals surface area (Å²) in [5.74, 6) is 0. The molecule has 1 atom stereocenters. The van der Waals surface area contributed by atoms with Crippen LogP contribution >= 0.6 is 9.24 Å². The molecule has 0 spiro atoms. The van der Waals surface area contributed by atoms with Gasteiger partial charge in [-0.25, -0.2) is 0 Å². The Morgan fingerprint density at radius 1 is 0.889 bits per heavy atom. The third-order valence-electron chi connectivity index (χ3n) is 3.31. The fourth-order valence-electron chi connectivity index (χ4n) is 2.06. The van der Waals surface area contributed by atoms with Crippen molar-refractivity contribution in [1.29, 1.82) is 0 Å². The van der Waals surface area contributed by atoms with Crippen molar-refractivity contribution in [3.8, 4) is 0 Å². The second kappa shape index (κ2) is 4.85. The van der Waals surface area contributed by atoms with Crippen LogP contribution in [0.5, 0.6) is 0 Å². The maximum absolute atomic E-state index is 2.92. The van der Waals surface area contributed by atoms with Crippen LogP contribution in [0.4, 0.5) is 5.69 Å². The highest BCUT2D eigenvalue weighted by Crippen LogP contribution is 2.32. The molecule has 0 heterocycles. The van der Waals surface area contributed by atoms with E-state index in [1.807, 2.05) is 0 Å². The van der Waals surface area contributed by atoms with Gasteiger partial charge in [0, 0.05) is 19.8 Å². The third-order valence-corrected chi connectivity index (χ3v) is 3.92. The minimum atomic E-state index is 0.170. The molecule has 0 fully saturated rings. The van der Waals surface area contributed by atoms with E-state index in [2.05, 4.69) is 81.9 Å². The number of rotatable bonds is 1. The van der Waals surface area contributed by atoms with E-state index >= 15 is 0 Å². The van der Waals surface area contributed by atoms with E-state index in [-0.39, 0.29) is 10.8 Å². The number of hydrogen-bond acceptors (Lipinski definition) is 1. The van der Waals surface area contributed by atoms with Crippen LogP contribution in [0.25, 0.3) is 0 Å². The number of hydrogen-bond donors (Lipinski definition) is 0. The van der Waals surface area contributed by atoms with Crippen molar-refractivity contribution in [3.63, 3.8) is 0 Å². The molecule has 0 amide bonds. The molecule has 0 aliphatic heterocycles. The Kier molecular flexibility index (Phi) is 4.18. The van der Waals surface area contributed by atoms with Crippen LogP contribution in [0.2, 0.25) is 0 Å². The highest BCUT2D eigenvalue weighted by molar-refractivity contribution is 7.28. The lowest BCUT2D eigenvalue weighted by molar-refractivity contribution is 0.571. The Morgan fingerprint density at radius 3 is 1.72 bits per heavy atom. The van der Waals surface area contributed by atoms with Crippen LogP contribution in [0.3, 0.4) is 0 Å². The average Bonchev–Trinajstić information content (AvgIpc) is 2.13. The lowest BCUT2D eigenvalue weighted by Gasteiger charge is -2.30. The van der Waals surface area contributed by atoms with Gasteiger partial charge in [-0.1, -0.05) is 47.6 Å². The van der Waals surface area contributed by atoms with Crippen molar-refractivity contribution in [2.24, 2.45) is 0 Å². The molecule has 0 N–H and O–H groups in total. The second-order valence-electron chi connectivity index (χ2n) is 7.35. The molecule has 1 aromatic carbocycles. The van der Waals surface area contributed by atoms with Crippen LogP contribution in [0.1, 0.15) is 52.7 Å². The van der Waals surface area contributed by atoms with E-state index in [9.17, 15) is 0 Å². The number of nitrogens with zero attached hydrogens (tertiary/aromatic N) is 1. The van der Waals surface area contributed by atoms with Crippen LogP contribution in [-0.2, 0) is 10.8 Å². The van der Waals surface area contributed by atoms with Crippen LogP contribution in [0, 0.1) is 0 Å². The summed E-state index contributed by atoms with van der Waals surface area (Å²) in [6, 6.07) is 4.69. The van der Waals surface area contributed by atoms with Gasteiger partial charge in [-0.05, 0) is 33.3 Å². The number of benzene rings is 1. The molecule has 0 aliphatic rings. The molecule has 1 nitrogen and oxygen atoms in total. The summed E-state index contributed by atoms with van der Waals surface area (Å²) in [6.07, 6.45) is 0. The predicted molar refractivity (Wildman–Crippen MR) is 87.5 cm³/mol. The minimum absolute atomic E-state index is 0.170. The van der Waals surface area contributed by atoms with Crippen molar-refractivity contribution in [1.82, 2.24) is 0 Å². The van der Waals surface area contributed by atoms with Crippen molar-refractivity contribution in [3.05, 3.63) is 23.3 Å². The summed E-state index contributed by atoms with van der Waals surface area (Å²) in [7, 11) is 7.15. The van der Waals surface area contributed by atoms with Crippen molar-refractivity contribution < 1.29 is 0 Å². The zero-order valence-electron chi connectivity index (χ0n) is 13.2. The third kappa shape index (κ3) is 3.26. The van der Waals surface area contributed by atoms with Gasteiger partial charge in [-0.2, -0.15) is 0 Å². The Morgan fingerprint density at radius 2 is 1.39 bits per heavy atom. The Balaban J connectivity index is 3.58. The molecule has 2 heteroatoms. The molecule has 18 heavy (non-hydrogen) atoms. The van der Waals surface area contributed by atoms with Gasteiger partial charge in [0.25, 0.3) is 0 Å². The van der Waals surface area contributed by atoms with Gasteiger partial charge in [0.2, 0.25) is 0 Å². The maximum atomic E-state index is 2.92. The topological polar surface area (TPSA) is 3.24 Å². The zero-order valence-corrected chi connectivity index (χ0v) is 14.3. The first-order chi connectivity index (χ1) is 7.94. The molecule has 1 rings (SSSR count). The first-order valence-corrected chi connectivity index (χ1v) is 7.14. The van der Waals surface area contributed by atoms with E-state index in [4.69, 9.17) is 0 Å². The quantitative estimate of drug-likeness (QED) is 0.697. The standard InChI is InChI=1S/C16H28NP/c1-15(2,3)11-9-12(16(4,5)6)14(18)13(10-11)17(7)8/h9-10H,18H2,1-8H3. The highest BCUT2D eigenvalue weighted by atomic mass is 31.0. The molecule has 102 valence electrons. The fraction of sp³-hybridized carbons (Fsp3) is 0.625. The Hall–Kier alpha value is -0.550. The molecule has 1 unspecified atom stereocenters. The Labute approximate surface area is 115 Å². The van der Waals surface area contributed by atoms with Gasteiger partial charge in [-0.15, -0.1) is 9.24 Å². The van der Waals surface area contributed by atoms with Crippen LogP contribution in [0.15, 0.2) is 12.1 Å².